The highest BCUT2D eigenvalue weighted by Gasteiger charge is 2.36. The molecule has 4 N–H and O–H groups in total. The Kier molecular flexibility index (Phi) is 8.91. The maximum atomic E-state index is 12.2. The molecule has 3 atom stereocenters. The van der Waals surface area contributed by atoms with E-state index in [-0.39, 0.29) is 5.75 Å². The summed E-state index contributed by atoms with van der Waals surface area (Å²) < 4.78 is 9.83. The van der Waals surface area contributed by atoms with Crippen LogP contribution in [0.25, 0.3) is 6.08 Å². The van der Waals surface area contributed by atoms with E-state index in [1.54, 1.807) is 19.1 Å². The van der Waals surface area contributed by atoms with Crippen LogP contribution in [0.1, 0.15) is 25.3 Å². The normalized spacial score (nSPS) is 19.4. The molecule has 180 valence electrons. The SMILES string of the molecule is CC1(O)C=CC(/C=C/C(=O)O[C@@H](CC(=O)O)[C@@H](OC(=O)/C=C/c2ccc(O)cc2)C(=O)O)=CC1. The zero-order valence-electron chi connectivity index (χ0n) is 18.2. The third-order valence-corrected chi connectivity index (χ3v) is 4.57. The van der Waals surface area contributed by atoms with Gasteiger partial charge < -0.3 is 29.9 Å². The lowest BCUT2D eigenvalue weighted by Gasteiger charge is -2.22. The molecule has 0 bridgehead atoms. The predicted molar refractivity (Wildman–Crippen MR) is 118 cm³/mol. The van der Waals surface area contributed by atoms with Gasteiger partial charge >= 0.3 is 23.9 Å². The van der Waals surface area contributed by atoms with Crippen LogP contribution in [-0.2, 0) is 28.7 Å². The molecule has 0 saturated heterocycles. The van der Waals surface area contributed by atoms with Crippen molar-refractivity contribution in [3.05, 3.63) is 71.9 Å². The number of carbonyl (C=O) groups is 4. The van der Waals surface area contributed by atoms with Crippen molar-refractivity contribution in [1.29, 1.82) is 0 Å². The van der Waals surface area contributed by atoms with Gasteiger partial charge in [-0.2, -0.15) is 0 Å². The first kappa shape index (κ1) is 26.1. The second kappa shape index (κ2) is 11.6. The van der Waals surface area contributed by atoms with Gasteiger partial charge in [0, 0.05) is 12.2 Å². The Morgan fingerprint density at radius 3 is 2.21 bits per heavy atom. The predicted octanol–water partition coefficient (Wildman–Crippen LogP) is 1.98. The lowest BCUT2D eigenvalue weighted by Crippen LogP contribution is -2.42. The summed E-state index contributed by atoms with van der Waals surface area (Å²) in [6.45, 7) is 1.61. The number of carbonyl (C=O) groups excluding carboxylic acids is 2. The maximum Gasteiger partial charge on any atom is 0.349 e. The number of phenolic OH excluding ortho intramolecular Hbond substituents is 1. The highest BCUT2D eigenvalue weighted by Crippen LogP contribution is 2.21. The number of carboxylic acids is 2. The topological polar surface area (TPSA) is 168 Å². The Labute approximate surface area is 194 Å². The third-order valence-electron chi connectivity index (χ3n) is 4.57. The van der Waals surface area contributed by atoms with Crippen molar-refractivity contribution in [2.45, 2.75) is 37.6 Å². The maximum absolute atomic E-state index is 12.2. The highest BCUT2D eigenvalue weighted by atomic mass is 16.6. The molecule has 1 aliphatic rings. The Morgan fingerprint density at radius 1 is 1.03 bits per heavy atom. The standard InChI is InChI=1S/C24H24O10/c1-24(32)12-10-16(11-13-24)5-8-20(28)33-18(14-19(26)27)22(23(30)31)34-21(29)9-4-15-2-6-17(25)7-3-15/h2-12,18,22,25,32H,13-14H2,1H3,(H,26,27)(H,30,31)/b8-5+,9-4+/t18-,22+,24?/m0/s1. The van der Waals surface area contributed by atoms with Crippen molar-refractivity contribution in [3.63, 3.8) is 0 Å². The number of aliphatic carboxylic acids is 2. The largest absolute Gasteiger partial charge is 0.508 e. The van der Waals surface area contributed by atoms with Crippen LogP contribution in [0.5, 0.6) is 5.75 Å². The minimum absolute atomic E-state index is 0.0146. The van der Waals surface area contributed by atoms with Gasteiger partial charge in [-0.25, -0.2) is 14.4 Å². The molecule has 10 nitrogen and oxygen atoms in total. The Balaban J connectivity index is 2.08. The molecule has 0 aromatic heterocycles. The summed E-state index contributed by atoms with van der Waals surface area (Å²) in [6.07, 6.45) is 4.84. The molecule has 0 aliphatic heterocycles. The molecular weight excluding hydrogens is 448 g/mol. The number of hydrogen-bond donors (Lipinski definition) is 4. The van der Waals surface area contributed by atoms with Gasteiger partial charge in [0.25, 0.3) is 0 Å². The number of rotatable bonds is 10. The summed E-state index contributed by atoms with van der Waals surface area (Å²) in [5.41, 5.74) is 0.0893. The van der Waals surface area contributed by atoms with Crippen molar-refractivity contribution < 1.29 is 49.1 Å². The molecule has 0 saturated carbocycles. The third kappa shape index (κ3) is 8.75. The Morgan fingerprint density at radius 2 is 1.65 bits per heavy atom. The fourth-order valence-electron chi connectivity index (χ4n) is 2.79. The van der Waals surface area contributed by atoms with E-state index in [0.717, 1.165) is 12.2 Å². The number of aromatic hydroxyl groups is 1. The van der Waals surface area contributed by atoms with Crippen molar-refractivity contribution in [1.82, 2.24) is 0 Å². The van der Waals surface area contributed by atoms with Crippen molar-refractivity contribution in [2.24, 2.45) is 0 Å². The van der Waals surface area contributed by atoms with Crippen LogP contribution in [0.4, 0.5) is 0 Å². The van der Waals surface area contributed by atoms with Crippen LogP contribution < -0.4 is 0 Å². The minimum Gasteiger partial charge on any atom is -0.508 e. The van der Waals surface area contributed by atoms with Crippen LogP contribution in [0.3, 0.4) is 0 Å². The summed E-state index contributed by atoms with van der Waals surface area (Å²) >= 11 is 0. The van der Waals surface area contributed by atoms with E-state index in [2.05, 4.69) is 0 Å². The number of aliphatic hydroxyl groups is 1. The average molecular weight is 472 g/mol. The van der Waals surface area contributed by atoms with Crippen LogP contribution >= 0.6 is 0 Å². The molecule has 1 aromatic carbocycles. The van der Waals surface area contributed by atoms with Gasteiger partial charge in [-0.15, -0.1) is 0 Å². The second-order valence-electron chi connectivity index (χ2n) is 7.63. The zero-order valence-corrected chi connectivity index (χ0v) is 18.2. The van der Waals surface area contributed by atoms with Crippen molar-refractivity contribution in [3.8, 4) is 5.75 Å². The second-order valence-corrected chi connectivity index (χ2v) is 7.63. The number of esters is 2. The smallest absolute Gasteiger partial charge is 0.349 e. The fourth-order valence-corrected chi connectivity index (χ4v) is 2.79. The molecule has 0 fully saturated rings. The Hall–Kier alpha value is -4.18. The molecule has 0 heterocycles. The lowest BCUT2D eigenvalue weighted by atomic mass is 9.94. The molecule has 0 radical (unpaired) electrons. The summed E-state index contributed by atoms with van der Waals surface area (Å²) in [5.74, 6) is -5.30. The highest BCUT2D eigenvalue weighted by molar-refractivity contribution is 5.90. The van der Waals surface area contributed by atoms with Gasteiger partial charge in [-0.3, -0.25) is 4.79 Å². The molecular formula is C24H24O10. The number of ether oxygens (including phenoxy) is 2. The summed E-state index contributed by atoms with van der Waals surface area (Å²) in [7, 11) is 0. The molecule has 34 heavy (non-hydrogen) atoms. The van der Waals surface area contributed by atoms with Gasteiger partial charge in [0.1, 0.15) is 5.75 Å². The quantitative estimate of drug-likeness (QED) is 0.292. The first-order valence-corrected chi connectivity index (χ1v) is 10.1. The van der Waals surface area contributed by atoms with E-state index in [1.807, 2.05) is 0 Å². The average Bonchev–Trinajstić information content (AvgIpc) is 2.75. The fraction of sp³-hybridized carbons (Fsp3) is 0.250. The van der Waals surface area contributed by atoms with E-state index in [4.69, 9.17) is 14.6 Å². The molecule has 10 heteroatoms. The number of allylic oxidation sites excluding steroid dienone is 3. The van der Waals surface area contributed by atoms with Crippen molar-refractivity contribution >= 4 is 30.0 Å². The molecule has 1 unspecified atom stereocenters. The van der Waals surface area contributed by atoms with Crippen molar-refractivity contribution in [2.75, 3.05) is 0 Å². The molecule has 0 spiro atoms. The zero-order chi connectivity index (χ0) is 25.3. The summed E-state index contributed by atoms with van der Waals surface area (Å²) in [5, 5.41) is 37.7. The number of phenols is 1. The van der Waals surface area contributed by atoms with Crippen LogP contribution in [0.2, 0.25) is 0 Å². The first-order valence-electron chi connectivity index (χ1n) is 10.1. The van der Waals surface area contributed by atoms with E-state index in [1.165, 1.54) is 42.5 Å². The Bertz CT molecular complexity index is 1040. The van der Waals surface area contributed by atoms with Gasteiger partial charge in [0.05, 0.1) is 12.0 Å². The van der Waals surface area contributed by atoms with Crippen LogP contribution in [0.15, 0.2) is 66.3 Å². The number of hydrogen-bond acceptors (Lipinski definition) is 8. The van der Waals surface area contributed by atoms with Gasteiger partial charge in [0.15, 0.2) is 6.10 Å². The summed E-state index contributed by atoms with van der Waals surface area (Å²) in [4.78, 5) is 47.1. The number of carboxylic acid groups (broad SMARTS) is 2. The summed E-state index contributed by atoms with van der Waals surface area (Å²) in [6, 6.07) is 5.74. The van der Waals surface area contributed by atoms with E-state index in [0.29, 0.717) is 17.6 Å². The van der Waals surface area contributed by atoms with Crippen LogP contribution in [0, 0.1) is 0 Å². The van der Waals surface area contributed by atoms with E-state index < -0.39 is 48.1 Å². The first-order chi connectivity index (χ1) is 15.9. The van der Waals surface area contributed by atoms with E-state index >= 15 is 0 Å². The molecule has 2 rings (SSSR count). The number of benzene rings is 1. The molecule has 0 amide bonds. The van der Waals surface area contributed by atoms with Gasteiger partial charge in [0.2, 0.25) is 6.10 Å². The van der Waals surface area contributed by atoms with E-state index in [9.17, 15) is 34.5 Å². The van der Waals surface area contributed by atoms with Crippen LogP contribution in [-0.4, -0.2) is 62.1 Å². The molecule has 1 aromatic rings. The minimum atomic E-state index is -2.07. The molecule has 1 aliphatic carbocycles. The van der Waals surface area contributed by atoms with Gasteiger partial charge in [-0.05, 0) is 48.8 Å². The lowest BCUT2D eigenvalue weighted by molar-refractivity contribution is -0.177. The van der Waals surface area contributed by atoms with Gasteiger partial charge in [-0.1, -0.05) is 30.4 Å². The monoisotopic (exact) mass is 472 g/mol.